The standard InChI is InChI=1S/C26H30N4O4S/c1-17-10-14-29(15-11-17)13-3-12-27-23(31)18-4-7-20(8-5-18)30-24(32)21-9-6-19(25(33)34-2)16-22(21)28-26(30)35/h4-9,16-17H,3,10-15H2,1-2H3,(H,27,31)(H,28,35). The van der Waals surface area contributed by atoms with E-state index in [1.165, 1.54) is 30.6 Å². The number of benzene rings is 2. The number of likely N-dealkylation sites (tertiary alicyclic amines) is 1. The summed E-state index contributed by atoms with van der Waals surface area (Å²) in [6, 6.07) is 11.4. The third-order valence-electron chi connectivity index (χ3n) is 6.52. The maximum absolute atomic E-state index is 13.1. The van der Waals surface area contributed by atoms with Gasteiger partial charge in [0, 0.05) is 12.1 Å². The lowest BCUT2D eigenvalue weighted by Crippen LogP contribution is -2.35. The minimum Gasteiger partial charge on any atom is -0.465 e. The highest BCUT2D eigenvalue weighted by Crippen LogP contribution is 2.16. The Morgan fingerprint density at radius 3 is 2.49 bits per heavy atom. The molecule has 0 radical (unpaired) electrons. The number of H-pyrrole nitrogens is 1. The van der Waals surface area contributed by atoms with Gasteiger partial charge in [0.15, 0.2) is 4.77 Å². The second-order valence-electron chi connectivity index (χ2n) is 9.00. The van der Waals surface area contributed by atoms with Gasteiger partial charge in [0.25, 0.3) is 11.5 Å². The van der Waals surface area contributed by atoms with E-state index in [9.17, 15) is 14.4 Å². The molecule has 0 atom stereocenters. The van der Waals surface area contributed by atoms with Crippen LogP contribution < -0.4 is 10.9 Å². The number of aromatic nitrogens is 2. The van der Waals surface area contributed by atoms with Crippen LogP contribution in [0, 0.1) is 10.7 Å². The predicted octanol–water partition coefficient (Wildman–Crippen LogP) is 3.69. The number of methoxy groups -OCH3 is 1. The van der Waals surface area contributed by atoms with Crippen LogP contribution in [0.3, 0.4) is 0 Å². The monoisotopic (exact) mass is 494 g/mol. The second kappa shape index (κ2) is 11.0. The number of nitrogens with zero attached hydrogens (tertiary/aromatic N) is 2. The summed E-state index contributed by atoms with van der Waals surface area (Å²) >= 11 is 5.41. The fraction of sp³-hybridized carbons (Fsp3) is 0.385. The average Bonchev–Trinajstić information content (AvgIpc) is 2.87. The van der Waals surface area contributed by atoms with Crippen LogP contribution in [0.2, 0.25) is 0 Å². The average molecular weight is 495 g/mol. The fourth-order valence-electron chi connectivity index (χ4n) is 4.35. The van der Waals surface area contributed by atoms with Gasteiger partial charge in [-0.15, -0.1) is 0 Å². The summed E-state index contributed by atoms with van der Waals surface area (Å²) in [7, 11) is 1.30. The van der Waals surface area contributed by atoms with Gasteiger partial charge in [-0.1, -0.05) is 6.92 Å². The van der Waals surface area contributed by atoms with Crippen molar-refractivity contribution in [3.8, 4) is 5.69 Å². The molecule has 2 aromatic carbocycles. The molecule has 1 aliphatic heterocycles. The van der Waals surface area contributed by atoms with Crippen molar-refractivity contribution in [3.05, 3.63) is 68.7 Å². The van der Waals surface area contributed by atoms with Crippen molar-refractivity contribution in [2.45, 2.75) is 26.2 Å². The molecule has 0 unspecified atom stereocenters. The third-order valence-corrected chi connectivity index (χ3v) is 6.80. The summed E-state index contributed by atoms with van der Waals surface area (Å²) in [6.45, 7) is 6.19. The van der Waals surface area contributed by atoms with Gasteiger partial charge in [0.1, 0.15) is 0 Å². The van der Waals surface area contributed by atoms with E-state index in [1.54, 1.807) is 36.4 Å². The van der Waals surface area contributed by atoms with Crippen LogP contribution in [0.25, 0.3) is 16.6 Å². The molecule has 2 N–H and O–H groups in total. The molecule has 0 saturated carbocycles. The molecule has 0 aliphatic carbocycles. The van der Waals surface area contributed by atoms with Crippen LogP contribution in [0.1, 0.15) is 46.9 Å². The van der Waals surface area contributed by atoms with E-state index < -0.39 is 5.97 Å². The Kier molecular flexibility index (Phi) is 7.77. The summed E-state index contributed by atoms with van der Waals surface area (Å²) in [5.74, 6) is 0.175. The van der Waals surface area contributed by atoms with Gasteiger partial charge in [0.05, 0.1) is 29.3 Å². The summed E-state index contributed by atoms with van der Waals surface area (Å²) in [4.78, 5) is 42.9. The van der Waals surface area contributed by atoms with Crippen molar-refractivity contribution in [3.63, 3.8) is 0 Å². The highest BCUT2D eigenvalue weighted by Gasteiger charge is 2.15. The molecule has 2 heterocycles. The first-order valence-corrected chi connectivity index (χ1v) is 12.3. The molecule has 35 heavy (non-hydrogen) atoms. The Morgan fingerprint density at radius 1 is 1.11 bits per heavy atom. The second-order valence-corrected chi connectivity index (χ2v) is 9.39. The number of rotatable bonds is 7. The number of fused-ring (bicyclic) bond motifs is 1. The van der Waals surface area contributed by atoms with Crippen molar-refractivity contribution in [2.24, 2.45) is 5.92 Å². The zero-order valence-corrected chi connectivity index (χ0v) is 20.8. The summed E-state index contributed by atoms with van der Waals surface area (Å²) < 4.78 is 6.29. The van der Waals surface area contributed by atoms with E-state index in [4.69, 9.17) is 17.0 Å². The molecule has 0 spiro atoms. The predicted molar refractivity (Wildman–Crippen MR) is 138 cm³/mol. The normalized spacial score (nSPS) is 14.7. The molecular weight excluding hydrogens is 464 g/mol. The zero-order valence-electron chi connectivity index (χ0n) is 20.0. The Hall–Kier alpha value is -3.30. The van der Waals surface area contributed by atoms with E-state index in [2.05, 4.69) is 22.1 Å². The summed E-state index contributed by atoms with van der Waals surface area (Å²) in [5.41, 5.74) is 1.53. The molecule has 1 fully saturated rings. The number of carbonyl (C=O) groups is 2. The number of ether oxygens (including phenoxy) is 1. The molecule has 4 rings (SSSR count). The van der Waals surface area contributed by atoms with Gasteiger partial charge in [-0.05, 0) is 99.5 Å². The largest absolute Gasteiger partial charge is 0.465 e. The number of esters is 1. The molecular formula is C26H30N4O4S. The molecule has 3 aromatic rings. The summed E-state index contributed by atoms with van der Waals surface area (Å²) in [5, 5.41) is 3.36. The van der Waals surface area contributed by atoms with Crippen molar-refractivity contribution in [2.75, 3.05) is 33.3 Å². The highest BCUT2D eigenvalue weighted by molar-refractivity contribution is 7.71. The Labute approximate surface area is 208 Å². The van der Waals surface area contributed by atoms with Crippen LogP contribution in [0.5, 0.6) is 0 Å². The lowest BCUT2D eigenvalue weighted by atomic mass is 9.99. The third kappa shape index (κ3) is 5.68. The smallest absolute Gasteiger partial charge is 0.337 e. The zero-order chi connectivity index (χ0) is 24.9. The SMILES string of the molecule is COC(=O)c1ccc2c(=O)n(-c3ccc(C(=O)NCCCN4CCC(C)CC4)cc3)c(=S)[nH]c2c1. The van der Waals surface area contributed by atoms with Gasteiger partial charge < -0.3 is 19.9 Å². The van der Waals surface area contributed by atoms with Crippen LogP contribution >= 0.6 is 12.2 Å². The molecule has 9 heteroatoms. The number of aromatic amines is 1. The number of nitrogens with one attached hydrogen (secondary N) is 2. The van der Waals surface area contributed by atoms with Crippen LogP contribution in [-0.2, 0) is 4.74 Å². The highest BCUT2D eigenvalue weighted by atomic mass is 32.1. The lowest BCUT2D eigenvalue weighted by Gasteiger charge is -2.30. The van der Waals surface area contributed by atoms with Gasteiger partial charge in [-0.25, -0.2) is 4.79 Å². The van der Waals surface area contributed by atoms with E-state index in [1.807, 2.05) is 0 Å². The first kappa shape index (κ1) is 24.8. The fourth-order valence-corrected chi connectivity index (χ4v) is 4.65. The van der Waals surface area contributed by atoms with E-state index >= 15 is 0 Å². The summed E-state index contributed by atoms with van der Waals surface area (Å²) in [6.07, 6.45) is 3.41. The van der Waals surface area contributed by atoms with Crippen molar-refractivity contribution in [1.29, 1.82) is 0 Å². The number of carbonyl (C=O) groups excluding carboxylic acids is 2. The number of hydrogen-bond acceptors (Lipinski definition) is 6. The molecule has 1 aromatic heterocycles. The molecule has 0 bridgehead atoms. The topological polar surface area (TPSA) is 96.4 Å². The van der Waals surface area contributed by atoms with Crippen molar-refractivity contribution < 1.29 is 14.3 Å². The van der Waals surface area contributed by atoms with Gasteiger partial charge in [-0.2, -0.15) is 0 Å². The Morgan fingerprint density at radius 2 is 1.80 bits per heavy atom. The van der Waals surface area contributed by atoms with Crippen LogP contribution in [-0.4, -0.2) is 59.6 Å². The maximum atomic E-state index is 13.1. The lowest BCUT2D eigenvalue weighted by molar-refractivity contribution is 0.0600. The van der Waals surface area contributed by atoms with Crippen molar-refractivity contribution >= 4 is 35.0 Å². The van der Waals surface area contributed by atoms with E-state index in [0.29, 0.717) is 34.3 Å². The maximum Gasteiger partial charge on any atom is 0.337 e. The number of piperidine rings is 1. The molecule has 184 valence electrons. The Balaban J connectivity index is 1.42. The van der Waals surface area contributed by atoms with E-state index in [0.717, 1.165) is 32.0 Å². The van der Waals surface area contributed by atoms with Crippen molar-refractivity contribution in [1.82, 2.24) is 19.8 Å². The minimum absolute atomic E-state index is 0.143. The molecule has 1 amide bonds. The molecule has 8 nitrogen and oxygen atoms in total. The molecule has 1 saturated heterocycles. The minimum atomic E-state index is -0.495. The first-order valence-electron chi connectivity index (χ1n) is 11.9. The van der Waals surface area contributed by atoms with Crippen LogP contribution in [0.4, 0.5) is 0 Å². The van der Waals surface area contributed by atoms with Gasteiger partial charge in [0.2, 0.25) is 0 Å². The number of hydrogen-bond donors (Lipinski definition) is 2. The van der Waals surface area contributed by atoms with Gasteiger partial charge in [-0.3, -0.25) is 14.2 Å². The van der Waals surface area contributed by atoms with Gasteiger partial charge >= 0.3 is 5.97 Å². The molecule has 1 aliphatic rings. The first-order chi connectivity index (χ1) is 16.9. The Bertz CT molecular complexity index is 1340. The van der Waals surface area contributed by atoms with E-state index in [-0.39, 0.29) is 16.2 Å². The number of amides is 1. The quantitative estimate of drug-likeness (QED) is 0.296. The van der Waals surface area contributed by atoms with Crippen LogP contribution in [0.15, 0.2) is 47.3 Å².